The molecule has 1 aromatic rings. The zero-order valence-corrected chi connectivity index (χ0v) is 9.57. The van der Waals surface area contributed by atoms with Gasteiger partial charge in [-0.25, -0.2) is 0 Å². The summed E-state index contributed by atoms with van der Waals surface area (Å²) in [4.78, 5) is 14.4. The van der Waals surface area contributed by atoms with Crippen LogP contribution < -0.4 is 5.32 Å². The number of carbonyl (C=O) groups is 1. The van der Waals surface area contributed by atoms with E-state index in [-0.39, 0.29) is 6.54 Å². The number of aliphatic carboxylic acids is 1. The molecule has 0 saturated heterocycles. The number of hydrogen-bond acceptors (Lipinski definition) is 4. The maximum absolute atomic E-state index is 11.1. The van der Waals surface area contributed by atoms with Crippen LogP contribution in [-0.2, 0) is 4.79 Å². The van der Waals surface area contributed by atoms with Gasteiger partial charge in [-0.3, -0.25) is 10.1 Å². The van der Waals surface area contributed by atoms with E-state index >= 15 is 0 Å². The molecule has 0 aliphatic carbocycles. The van der Waals surface area contributed by atoms with Crippen LogP contribution >= 0.6 is 11.3 Å². The average Bonchev–Trinajstić information content (AvgIpc) is 2.64. The topological polar surface area (TPSA) is 98.1 Å². The van der Waals surface area contributed by atoms with Gasteiger partial charge >= 0.3 is 5.97 Å². The third kappa shape index (κ3) is 3.23. The molecule has 16 heavy (non-hydrogen) atoms. The number of hydrogen-bond donors (Lipinski definition) is 2. The van der Waals surface area contributed by atoms with Crippen molar-refractivity contribution in [3.05, 3.63) is 32.3 Å². The van der Waals surface area contributed by atoms with Crippen molar-refractivity contribution in [3.63, 3.8) is 0 Å². The Balaban J connectivity index is 2.65. The fraction of sp³-hybridized carbons (Fsp3) is 0.444. The van der Waals surface area contributed by atoms with E-state index in [0.717, 1.165) is 10.4 Å². The molecule has 7 heteroatoms. The molecule has 0 amide bonds. The number of aryl methyl sites for hydroxylation is 1. The Morgan fingerprint density at radius 2 is 2.56 bits per heavy atom. The summed E-state index contributed by atoms with van der Waals surface area (Å²) in [5.74, 6) is -0.925. The maximum Gasteiger partial charge on any atom is 0.326 e. The number of carboxylic acids is 1. The standard InChI is InChI=1S/C9H12N4O2S/c1-6-2-5-16-8(6)7(9(14)15)11-3-4-12-13-10/h2,5,7,11H,3-4H2,1H3,(H,14,15). The second-order valence-electron chi connectivity index (χ2n) is 3.15. The Labute approximate surface area is 96.5 Å². The molecule has 0 saturated carbocycles. The molecular formula is C9H12N4O2S. The van der Waals surface area contributed by atoms with Crippen molar-refractivity contribution in [2.75, 3.05) is 13.1 Å². The van der Waals surface area contributed by atoms with E-state index in [9.17, 15) is 4.79 Å². The zero-order chi connectivity index (χ0) is 12.0. The number of azide groups is 1. The van der Waals surface area contributed by atoms with Crippen LogP contribution in [0.5, 0.6) is 0 Å². The van der Waals surface area contributed by atoms with Gasteiger partial charge in [0.2, 0.25) is 0 Å². The SMILES string of the molecule is Cc1ccsc1C(NCCN=[N+]=[N-])C(=O)O. The number of thiophene rings is 1. The van der Waals surface area contributed by atoms with E-state index in [1.807, 2.05) is 18.4 Å². The van der Waals surface area contributed by atoms with Gasteiger partial charge in [-0.2, -0.15) is 0 Å². The first kappa shape index (κ1) is 12.5. The molecule has 0 aliphatic rings. The highest BCUT2D eigenvalue weighted by atomic mass is 32.1. The Morgan fingerprint density at radius 1 is 1.81 bits per heavy atom. The quantitative estimate of drug-likeness (QED) is 0.344. The smallest absolute Gasteiger partial charge is 0.326 e. The molecule has 0 bridgehead atoms. The maximum atomic E-state index is 11.1. The highest BCUT2D eigenvalue weighted by Crippen LogP contribution is 2.23. The largest absolute Gasteiger partial charge is 0.480 e. The monoisotopic (exact) mass is 240 g/mol. The molecule has 1 aromatic heterocycles. The molecule has 0 aromatic carbocycles. The predicted octanol–water partition coefficient (Wildman–Crippen LogP) is 2.08. The lowest BCUT2D eigenvalue weighted by atomic mass is 10.1. The van der Waals surface area contributed by atoms with E-state index in [0.29, 0.717) is 6.54 Å². The summed E-state index contributed by atoms with van der Waals surface area (Å²) in [5, 5.41) is 17.1. The fourth-order valence-electron chi connectivity index (χ4n) is 1.28. The van der Waals surface area contributed by atoms with Crippen LogP contribution in [0.2, 0.25) is 0 Å². The normalized spacial score (nSPS) is 11.8. The van der Waals surface area contributed by atoms with Crippen molar-refractivity contribution < 1.29 is 9.90 Å². The lowest BCUT2D eigenvalue weighted by Gasteiger charge is -2.12. The summed E-state index contributed by atoms with van der Waals surface area (Å²) in [6, 6.07) is 1.15. The molecular weight excluding hydrogens is 228 g/mol. The molecule has 2 N–H and O–H groups in total. The van der Waals surface area contributed by atoms with Crippen molar-refractivity contribution >= 4 is 17.3 Å². The minimum Gasteiger partial charge on any atom is -0.480 e. The van der Waals surface area contributed by atoms with E-state index in [4.69, 9.17) is 10.6 Å². The lowest BCUT2D eigenvalue weighted by molar-refractivity contribution is -0.139. The summed E-state index contributed by atoms with van der Waals surface area (Å²) < 4.78 is 0. The van der Waals surface area contributed by atoms with Crippen LogP contribution in [0.15, 0.2) is 16.6 Å². The molecule has 0 radical (unpaired) electrons. The number of carboxylic acid groups (broad SMARTS) is 1. The molecule has 6 nitrogen and oxygen atoms in total. The summed E-state index contributed by atoms with van der Waals surface area (Å²) in [7, 11) is 0. The van der Waals surface area contributed by atoms with Crippen molar-refractivity contribution in [2.24, 2.45) is 5.11 Å². The Kier molecular flexibility index (Phi) is 4.78. The van der Waals surface area contributed by atoms with Gasteiger partial charge in [-0.1, -0.05) is 5.11 Å². The van der Waals surface area contributed by atoms with Crippen molar-refractivity contribution in [2.45, 2.75) is 13.0 Å². The van der Waals surface area contributed by atoms with E-state index < -0.39 is 12.0 Å². The number of nitrogens with one attached hydrogen (secondary N) is 1. The van der Waals surface area contributed by atoms with Crippen molar-refractivity contribution in [3.8, 4) is 0 Å². The molecule has 0 aliphatic heterocycles. The summed E-state index contributed by atoms with van der Waals surface area (Å²) in [6.45, 7) is 2.46. The molecule has 1 rings (SSSR count). The van der Waals surface area contributed by atoms with Crippen LogP contribution in [0.1, 0.15) is 16.5 Å². The van der Waals surface area contributed by atoms with Gasteiger partial charge in [0.25, 0.3) is 0 Å². The first-order valence-corrected chi connectivity index (χ1v) is 5.56. The van der Waals surface area contributed by atoms with E-state index in [1.54, 1.807) is 0 Å². The van der Waals surface area contributed by atoms with Crippen LogP contribution in [0.4, 0.5) is 0 Å². The number of rotatable bonds is 6. The summed E-state index contributed by atoms with van der Waals surface area (Å²) in [5.41, 5.74) is 9.04. The summed E-state index contributed by atoms with van der Waals surface area (Å²) in [6.07, 6.45) is 0. The second-order valence-corrected chi connectivity index (χ2v) is 4.10. The minimum atomic E-state index is -0.925. The Hall–Kier alpha value is -1.56. The van der Waals surface area contributed by atoms with Gasteiger partial charge in [0.15, 0.2) is 0 Å². The van der Waals surface area contributed by atoms with Crippen LogP contribution in [0.3, 0.4) is 0 Å². The first-order chi connectivity index (χ1) is 7.66. The van der Waals surface area contributed by atoms with E-state index in [1.165, 1.54) is 11.3 Å². The van der Waals surface area contributed by atoms with Gasteiger partial charge in [-0.15, -0.1) is 11.3 Å². The third-order valence-electron chi connectivity index (χ3n) is 2.03. The fourth-order valence-corrected chi connectivity index (χ4v) is 2.27. The third-order valence-corrected chi connectivity index (χ3v) is 3.12. The van der Waals surface area contributed by atoms with Crippen LogP contribution in [0.25, 0.3) is 10.4 Å². The van der Waals surface area contributed by atoms with E-state index in [2.05, 4.69) is 15.3 Å². The Bertz CT molecular complexity index is 411. The minimum absolute atomic E-state index is 0.241. The Morgan fingerprint density at radius 3 is 3.06 bits per heavy atom. The first-order valence-electron chi connectivity index (χ1n) is 4.68. The van der Waals surface area contributed by atoms with Gasteiger partial charge in [0.1, 0.15) is 6.04 Å². The van der Waals surface area contributed by atoms with Crippen LogP contribution in [0, 0.1) is 6.92 Å². The average molecular weight is 240 g/mol. The van der Waals surface area contributed by atoms with Crippen molar-refractivity contribution in [1.82, 2.24) is 5.32 Å². The molecule has 1 unspecified atom stereocenters. The van der Waals surface area contributed by atoms with Gasteiger partial charge in [-0.05, 0) is 29.5 Å². The highest BCUT2D eigenvalue weighted by Gasteiger charge is 2.21. The molecule has 0 spiro atoms. The van der Waals surface area contributed by atoms with Gasteiger partial charge < -0.3 is 5.11 Å². The second kappa shape index (κ2) is 6.12. The predicted molar refractivity (Wildman–Crippen MR) is 61.4 cm³/mol. The molecule has 1 heterocycles. The zero-order valence-electron chi connectivity index (χ0n) is 8.75. The molecule has 1 atom stereocenters. The van der Waals surface area contributed by atoms with Gasteiger partial charge in [0.05, 0.1) is 0 Å². The van der Waals surface area contributed by atoms with Gasteiger partial charge in [0, 0.05) is 22.9 Å². The molecule has 0 fully saturated rings. The molecule has 86 valence electrons. The van der Waals surface area contributed by atoms with Crippen LogP contribution in [-0.4, -0.2) is 24.2 Å². The lowest BCUT2D eigenvalue weighted by Crippen LogP contribution is -2.30. The number of nitrogens with zero attached hydrogens (tertiary/aromatic N) is 3. The van der Waals surface area contributed by atoms with Crippen molar-refractivity contribution in [1.29, 1.82) is 0 Å². The highest BCUT2D eigenvalue weighted by molar-refractivity contribution is 7.10. The summed E-state index contributed by atoms with van der Waals surface area (Å²) >= 11 is 1.40.